The van der Waals surface area contributed by atoms with Gasteiger partial charge in [-0.25, -0.2) is 0 Å². The average Bonchev–Trinajstić information content (AvgIpc) is 3.37. The number of alkyl halides is 6. The Morgan fingerprint density at radius 1 is 0.719 bits per heavy atom. The summed E-state index contributed by atoms with van der Waals surface area (Å²) in [6.07, 6.45) is 1.16. The minimum Gasteiger partial charge on any atom is -0.542 e. The summed E-state index contributed by atoms with van der Waals surface area (Å²) in [7, 11) is 0. The molecule has 4 rings (SSSR count). The van der Waals surface area contributed by atoms with Gasteiger partial charge in [0.1, 0.15) is 49.1 Å². The Kier molecular flexibility index (Phi) is 9.86. The van der Waals surface area contributed by atoms with Crippen LogP contribution in [0.3, 0.4) is 0 Å². The lowest BCUT2D eigenvalue weighted by atomic mass is 10.7. The molecule has 0 aliphatic heterocycles. The topological polar surface area (TPSA) is 114 Å². The van der Waals surface area contributed by atoms with E-state index >= 15 is 0 Å². The molecule has 172 valence electrons. The Bertz CT molecular complexity index is 996. The summed E-state index contributed by atoms with van der Waals surface area (Å²) in [5.74, 6) is -6.01. The van der Waals surface area contributed by atoms with E-state index in [0.29, 0.717) is 0 Å². The fraction of sp³-hybridized carbons (Fsp3) is 0.125. The molecule has 0 bridgehead atoms. The Balaban J connectivity index is 0.000000216. The molecule has 0 radical (unpaired) electrons. The van der Waals surface area contributed by atoms with Gasteiger partial charge in [0.25, 0.3) is 0 Å². The molecule has 16 heteroatoms. The second-order valence-corrected chi connectivity index (χ2v) is 6.74. The fourth-order valence-corrected chi connectivity index (χ4v) is 2.82. The molecule has 32 heavy (non-hydrogen) atoms. The average molecular weight is 500 g/mol. The lowest BCUT2D eigenvalue weighted by Crippen LogP contribution is -2.37. The van der Waals surface area contributed by atoms with Gasteiger partial charge in [0.05, 0.1) is 0 Å². The molecule has 0 fully saturated rings. The van der Waals surface area contributed by atoms with E-state index in [0.717, 1.165) is 9.92 Å². The van der Waals surface area contributed by atoms with Crippen molar-refractivity contribution < 1.29 is 54.9 Å². The predicted molar refractivity (Wildman–Crippen MR) is 92.7 cm³/mol. The first-order chi connectivity index (χ1) is 14.8. The van der Waals surface area contributed by atoms with Gasteiger partial charge < -0.3 is 19.8 Å². The monoisotopic (exact) mass is 500 g/mol. The van der Waals surface area contributed by atoms with Crippen LogP contribution in [-0.2, 0) is 9.59 Å². The van der Waals surface area contributed by atoms with Crippen LogP contribution in [0.2, 0.25) is 0 Å². The standard InChI is InChI=1S/2C6H5N2S.2C2HF3O2/c2*1-2-7-6-8(3-1)4-5-9-6;2*3-2(4,5)1(6)7/h2*1-5H;2*(H,6,7)/q2*+1;;/p-2. The normalized spacial score (nSPS) is 10.7. The molecule has 4 aromatic rings. The van der Waals surface area contributed by atoms with E-state index in [-0.39, 0.29) is 0 Å². The molecule has 0 saturated carbocycles. The number of halogens is 6. The zero-order valence-corrected chi connectivity index (χ0v) is 16.9. The molecule has 0 amide bonds. The second kappa shape index (κ2) is 11.8. The molecule has 0 N–H and O–H groups in total. The maximum atomic E-state index is 10.5. The molecule has 0 atom stereocenters. The third-order valence-electron chi connectivity index (χ3n) is 2.73. The van der Waals surface area contributed by atoms with Crippen LogP contribution in [0.15, 0.2) is 60.1 Å². The summed E-state index contributed by atoms with van der Waals surface area (Å²) in [4.78, 5) is 27.9. The number of aromatic nitrogens is 4. The van der Waals surface area contributed by atoms with Crippen LogP contribution in [0.4, 0.5) is 26.3 Å². The maximum Gasteiger partial charge on any atom is 0.430 e. The van der Waals surface area contributed by atoms with Gasteiger partial charge in [0.15, 0.2) is 0 Å². The van der Waals surface area contributed by atoms with Gasteiger partial charge in [-0.2, -0.15) is 35.1 Å². The van der Waals surface area contributed by atoms with Crippen molar-refractivity contribution in [3.05, 3.63) is 60.1 Å². The van der Waals surface area contributed by atoms with Gasteiger partial charge in [-0.3, -0.25) is 0 Å². The fourth-order valence-electron chi connectivity index (χ4n) is 1.46. The van der Waals surface area contributed by atoms with Crippen molar-refractivity contribution in [2.24, 2.45) is 0 Å². The van der Waals surface area contributed by atoms with Crippen molar-refractivity contribution in [1.29, 1.82) is 0 Å². The van der Waals surface area contributed by atoms with Gasteiger partial charge in [0.2, 0.25) is 0 Å². The van der Waals surface area contributed by atoms with Crippen LogP contribution < -0.4 is 19.0 Å². The molecule has 4 heterocycles. The molecule has 0 aromatic carbocycles. The molecule has 8 nitrogen and oxygen atoms in total. The van der Waals surface area contributed by atoms with Crippen LogP contribution in [0.1, 0.15) is 0 Å². The van der Waals surface area contributed by atoms with Crippen molar-refractivity contribution in [2.45, 2.75) is 12.4 Å². The van der Waals surface area contributed by atoms with Crippen LogP contribution in [0, 0.1) is 0 Å². The molecular formula is C16H10F6N4O4S2. The van der Waals surface area contributed by atoms with Gasteiger partial charge in [-0.05, 0) is 9.97 Å². The zero-order chi connectivity index (χ0) is 24.4. The third-order valence-corrected chi connectivity index (χ3v) is 4.30. The number of hydrogen-bond donors (Lipinski definition) is 0. The molecule has 0 spiro atoms. The van der Waals surface area contributed by atoms with E-state index in [9.17, 15) is 26.3 Å². The second-order valence-electron chi connectivity index (χ2n) is 5.00. The number of rotatable bonds is 0. The predicted octanol–water partition coefficient (Wildman–Crippen LogP) is 0.361. The number of nitrogens with zero attached hydrogens (tertiary/aromatic N) is 4. The van der Waals surface area contributed by atoms with Crippen LogP contribution in [0.5, 0.6) is 0 Å². The Morgan fingerprint density at radius 3 is 1.28 bits per heavy atom. The van der Waals surface area contributed by atoms with E-state index in [2.05, 4.69) is 9.97 Å². The van der Waals surface area contributed by atoms with Gasteiger partial charge in [0, 0.05) is 22.9 Å². The van der Waals surface area contributed by atoms with E-state index in [4.69, 9.17) is 19.8 Å². The highest BCUT2D eigenvalue weighted by Crippen LogP contribution is 2.12. The quantitative estimate of drug-likeness (QED) is 0.255. The molecular weight excluding hydrogens is 490 g/mol. The molecule has 0 saturated heterocycles. The van der Waals surface area contributed by atoms with Crippen molar-refractivity contribution in [3.63, 3.8) is 0 Å². The summed E-state index contributed by atoms with van der Waals surface area (Å²) in [6, 6.07) is 3.83. The highest BCUT2D eigenvalue weighted by atomic mass is 32.1. The summed E-state index contributed by atoms with van der Waals surface area (Å²) in [5.41, 5.74) is 0. The van der Waals surface area contributed by atoms with Gasteiger partial charge in [-0.15, -0.1) is 0 Å². The first-order valence-corrected chi connectivity index (χ1v) is 9.53. The SMILES string of the molecule is O=C([O-])C(F)(F)F.O=C([O-])C(F)(F)F.c1cnc2scc[n+]2c1.c1cnc2scc[n+]2c1. The highest BCUT2D eigenvalue weighted by Gasteiger charge is 2.29. The number of carbonyl (C=O) groups is 2. The van der Waals surface area contributed by atoms with E-state index in [1.165, 1.54) is 0 Å². The lowest BCUT2D eigenvalue weighted by molar-refractivity contribution is -0.510. The number of thiazole rings is 2. The number of carbonyl (C=O) groups excluding carboxylic acids is 2. The maximum absolute atomic E-state index is 10.5. The van der Waals surface area contributed by atoms with Crippen molar-refractivity contribution in [3.8, 4) is 0 Å². The molecule has 0 unspecified atom stereocenters. The number of aliphatic carboxylic acids is 2. The molecule has 0 aliphatic carbocycles. The number of carboxylic acid groups (broad SMARTS) is 2. The Labute approximate surface area is 182 Å². The highest BCUT2D eigenvalue weighted by molar-refractivity contribution is 7.14. The van der Waals surface area contributed by atoms with E-state index in [1.807, 2.05) is 56.5 Å². The van der Waals surface area contributed by atoms with Crippen LogP contribution >= 0.6 is 22.7 Å². The minimum absolute atomic E-state index is 1.04. The smallest absolute Gasteiger partial charge is 0.430 e. The lowest BCUT2D eigenvalue weighted by Gasteiger charge is -2.03. The summed E-state index contributed by atoms with van der Waals surface area (Å²) >= 11 is 3.28. The third kappa shape index (κ3) is 9.61. The van der Waals surface area contributed by atoms with Crippen LogP contribution in [0.25, 0.3) is 9.92 Å². The summed E-state index contributed by atoms with van der Waals surface area (Å²) in [5, 5.41) is 21.6. The van der Waals surface area contributed by atoms with E-state index < -0.39 is 24.3 Å². The van der Waals surface area contributed by atoms with Crippen molar-refractivity contribution >= 4 is 44.5 Å². The summed E-state index contributed by atoms with van der Waals surface area (Å²) < 4.78 is 67.1. The van der Waals surface area contributed by atoms with Gasteiger partial charge >= 0.3 is 22.3 Å². The number of carboxylic acids is 2. The first kappa shape index (κ1) is 26.6. The Morgan fingerprint density at radius 2 is 1.03 bits per heavy atom. The van der Waals surface area contributed by atoms with Crippen LogP contribution in [-0.4, -0.2) is 34.3 Å². The first-order valence-electron chi connectivity index (χ1n) is 7.77. The minimum atomic E-state index is -5.19. The molecule has 4 aromatic heterocycles. The molecule has 0 aliphatic rings. The van der Waals surface area contributed by atoms with Crippen molar-refractivity contribution in [1.82, 2.24) is 9.97 Å². The van der Waals surface area contributed by atoms with Gasteiger partial charge in [-0.1, -0.05) is 22.7 Å². The van der Waals surface area contributed by atoms with Crippen molar-refractivity contribution in [2.75, 3.05) is 0 Å². The summed E-state index contributed by atoms with van der Waals surface area (Å²) in [6.45, 7) is 0. The zero-order valence-electron chi connectivity index (χ0n) is 15.3. The van der Waals surface area contributed by atoms with E-state index in [1.54, 1.807) is 35.1 Å². The number of fused-ring (bicyclic) bond motifs is 2. The number of hydrogen-bond acceptors (Lipinski definition) is 8. The largest absolute Gasteiger partial charge is 0.542 e. The Hall–Kier alpha value is -3.40.